The van der Waals surface area contributed by atoms with Gasteiger partial charge in [0.2, 0.25) is 6.29 Å². The SMILES string of the molecule is COC(=O)C1=COC(OC2OC(CO)C(O)C(O)C2O)C2C(C)OC(=O)C(C)(O)C(C)OC(=O)CC12. The number of rotatable bonds is 4. The van der Waals surface area contributed by atoms with Gasteiger partial charge < -0.3 is 54.0 Å². The van der Waals surface area contributed by atoms with Gasteiger partial charge in [-0.05, 0) is 20.8 Å². The van der Waals surface area contributed by atoms with Crippen molar-refractivity contribution >= 4 is 17.9 Å². The summed E-state index contributed by atoms with van der Waals surface area (Å²) in [7, 11) is 1.12. The van der Waals surface area contributed by atoms with Crippen molar-refractivity contribution in [2.24, 2.45) is 11.8 Å². The summed E-state index contributed by atoms with van der Waals surface area (Å²) in [5.41, 5.74) is -2.28. The van der Waals surface area contributed by atoms with Crippen LogP contribution in [0, 0.1) is 11.8 Å². The fraction of sp³-hybridized carbons (Fsp3) is 0.773. The molecule has 0 radical (unpaired) electrons. The second-order valence-electron chi connectivity index (χ2n) is 9.18. The molecule has 0 saturated carbocycles. The normalized spacial score (nSPS) is 43.8. The topological polar surface area (TPSA) is 208 Å². The maximum Gasteiger partial charge on any atom is 0.342 e. The average Bonchev–Trinajstić information content (AvgIpc) is 2.83. The van der Waals surface area contributed by atoms with Crippen LogP contribution in [0.3, 0.4) is 0 Å². The smallest absolute Gasteiger partial charge is 0.342 e. The number of esters is 3. The molecule has 14 nitrogen and oxygen atoms in total. The van der Waals surface area contributed by atoms with Gasteiger partial charge in [0, 0.05) is 5.92 Å². The molecule has 0 spiro atoms. The molecule has 11 atom stereocenters. The van der Waals surface area contributed by atoms with Crippen LogP contribution in [0.25, 0.3) is 0 Å². The molecule has 5 N–H and O–H groups in total. The molecule has 14 heteroatoms. The number of carbonyl (C=O) groups excluding carboxylic acids is 3. The first-order chi connectivity index (χ1) is 16.8. The summed E-state index contributed by atoms with van der Waals surface area (Å²) < 4.78 is 32.1. The fourth-order valence-corrected chi connectivity index (χ4v) is 4.33. The van der Waals surface area contributed by atoms with Crippen LogP contribution in [0.5, 0.6) is 0 Å². The molecule has 36 heavy (non-hydrogen) atoms. The van der Waals surface area contributed by atoms with Gasteiger partial charge >= 0.3 is 17.9 Å². The highest BCUT2D eigenvalue weighted by Gasteiger charge is 2.52. The van der Waals surface area contributed by atoms with Crippen LogP contribution >= 0.6 is 0 Å². The molecule has 0 aromatic heterocycles. The summed E-state index contributed by atoms with van der Waals surface area (Å²) in [5.74, 6) is -4.94. The molecular formula is C22H32O14. The number of aliphatic hydroxyl groups is 5. The van der Waals surface area contributed by atoms with Crippen LogP contribution in [-0.4, -0.2) is 112 Å². The van der Waals surface area contributed by atoms with Gasteiger partial charge in [-0.15, -0.1) is 0 Å². The standard InChI is InChI=1S/C22H32O14/c1-8-14-10(5-13(24)34-9(2)22(3,30)21(29)33-8)11(18(28)31-4)7-32-19(14)36-20-17(27)16(26)15(25)12(6-23)35-20/h7-10,12,14-17,19-20,23,25-27,30H,5-6H2,1-4H3. The van der Waals surface area contributed by atoms with Crippen molar-refractivity contribution < 1.29 is 68.3 Å². The maximum absolute atomic E-state index is 12.7. The molecule has 2 saturated heterocycles. The second-order valence-corrected chi connectivity index (χ2v) is 9.18. The van der Waals surface area contributed by atoms with Crippen molar-refractivity contribution in [3.8, 4) is 0 Å². The zero-order valence-corrected chi connectivity index (χ0v) is 20.2. The fourth-order valence-electron chi connectivity index (χ4n) is 4.33. The summed E-state index contributed by atoms with van der Waals surface area (Å²) >= 11 is 0. The number of ether oxygens (including phenoxy) is 6. The van der Waals surface area contributed by atoms with Crippen molar-refractivity contribution in [2.75, 3.05) is 13.7 Å². The molecular weight excluding hydrogens is 488 g/mol. The maximum atomic E-state index is 12.7. The molecule has 3 heterocycles. The lowest BCUT2D eigenvalue weighted by atomic mass is 9.78. The average molecular weight is 520 g/mol. The molecule has 0 aromatic rings. The van der Waals surface area contributed by atoms with Gasteiger partial charge in [-0.25, -0.2) is 9.59 Å². The first-order valence-electron chi connectivity index (χ1n) is 11.4. The quantitative estimate of drug-likeness (QED) is 0.191. The van der Waals surface area contributed by atoms with Gasteiger partial charge in [-0.1, -0.05) is 0 Å². The van der Waals surface area contributed by atoms with E-state index in [-0.39, 0.29) is 5.57 Å². The molecule has 204 valence electrons. The number of hydrogen-bond donors (Lipinski definition) is 5. The van der Waals surface area contributed by atoms with E-state index in [0.717, 1.165) is 20.3 Å². The Labute approximate surface area is 206 Å². The van der Waals surface area contributed by atoms with Crippen LogP contribution in [0.2, 0.25) is 0 Å². The Bertz CT molecular complexity index is 869. The monoisotopic (exact) mass is 520 g/mol. The number of fused-ring (bicyclic) bond motifs is 1. The zero-order valence-electron chi connectivity index (χ0n) is 20.2. The van der Waals surface area contributed by atoms with E-state index in [0.29, 0.717) is 0 Å². The van der Waals surface area contributed by atoms with Crippen molar-refractivity contribution in [3.63, 3.8) is 0 Å². The highest BCUT2D eigenvalue weighted by molar-refractivity contribution is 5.90. The first kappa shape index (κ1) is 28.2. The van der Waals surface area contributed by atoms with Crippen LogP contribution < -0.4 is 0 Å². The molecule has 11 unspecified atom stereocenters. The van der Waals surface area contributed by atoms with E-state index < -0.39 is 97.6 Å². The Morgan fingerprint density at radius 3 is 2.39 bits per heavy atom. The molecule has 0 aliphatic carbocycles. The van der Waals surface area contributed by atoms with Gasteiger partial charge in [-0.2, -0.15) is 0 Å². The Hall–Kier alpha value is -2.33. The van der Waals surface area contributed by atoms with E-state index in [2.05, 4.69) is 0 Å². The summed E-state index contributed by atoms with van der Waals surface area (Å²) in [6.07, 6.45) is -11.4. The van der Waals surface area contributed by atoms with Crippen molar-refractivity contribution in [2.45, 2.75) is 82.0 Å². The second kappa shape index (κ2) is 11.0. The lowest BCUT2D eigenvalue weighted by Gasteiger charge is -2.45. The van der Waals surface area contributed by atoms with Crippen LogP contribution in [0.1, 0.15) is 27.2 Å². The molecule has 3 rings (SSSR count). The Balaban J connectivity index is 1.99. The summed E-state index contributed by atoms with van der Waals surface area (Å²) in [6.45, 7) is 3.16. The molecule has 3 aliphatic heterocycles. The zero-order chi connectivity index (χ0) is 26.9. The van der Waals surface area contributed by atoms with Gasteiger partial charge in [0.1, 0.15) is 36.6 Å². The van der Waals surface area contributed by atoms with Gasteiger partial charge in [0.05, 0.1) is 37.9 Å². The van der Waals surface area contributed by atoms with E-state index in [1.165, 1.54) is 13.8 Å². The predicted molar refractivity (Wildman–Crippen MR) is 113 cm³/mol. The number of cyclic esters (lactones) is 2. The van der Waals surface area contributed by atoms with Crippen LogP contribution in [0.4, 0.5) is 0 Å². The molecule has 2 fully saturated rings. The molecule has 0 bridgehead atoms. The minimum absolute atomic E-state index is 0.0870. The molecule has 0 amide bonds. The summed E-state index contributed by atoms with van der Waals surface area (Å²) in [4.78, 5) is 37.9. The van der Waals surface area contributed by atoms with E-state index >= 15 is 0 Å². The summed E-state index contributed by atoms with van der Waals surface area (Å²) in [5, 5.41) is 50.5. The van der Waals surface area contributed by atoms with E-state index in [9.17, 15) is 39.9 Å². The third-order valence-corrected chi connectivity index (χ3v) is 6.78. The predicted octanol–water partition coefficient (Wildman–Crippen LogP) is -2.53. The van der Waals surface area contributed by atoms with Gasteiger partial charge in [0.15, 0.2) is 11.9 Å². The Morgan fingerprint density at radius 2 is 1.78 bits per heavy atom. The van der Waals surface area contributed by atoms with Crippen molar-refractivity contribution in [1.29, 1.82) is 0 Å². The lowest BCUT2D eigenvalue weighted by Crippen LogP contribution is -2.61. The first-order valence-corrected chi connectivity index (χ1v) is 11.4. The third kappa shape index (κ3) is 5.34. The van der Waals surface area contributed by atoms with Gasteiger partial charge in [-0.3, -0.25) is 4.79 Å². The molecule has 0 aromatic carbocycles. The number of methoxy groups -OCH3 is 1. The number of hydrogen-bond acceptors (Lipinski definition) is 14. The van der Waals surface area contributed by atoms with Crippen LogP contribution in [-0.2, 0) is 42.8 Å². The largest absolute Gasteiger partial charge is 0.471 e. The Kier molecular flexibility index (Phi) is 8.60. The lowest BCUT2D eigenvalue weighted by molar-refractivity contribution is -0.345. The minimum atomic E-state index is -2.19. The minimum Gasteiger partial charge on any atom is -0.471 e. The van der Waals surface area contributed by atoms with Crippen LogP contribution in [0.15, 0.2) is 11.8 Å². The number of aliphatic hydroxyl groups excluding tert-OH is 4. The van der Waals surface area contributed by atoms with E-state index in [1.54, 1.807) is 0 Å². The van der Waals surface area contributed by atoms with E-state index in [1.807, 2.05) is 0 Å². The summed E-state index contributed by atoms with van der Waals surface area (Å²) in [6, 6.07) is 0. The highest BCUT2D eigenvalue weighted by Crippen LogP contribution is 2.40. The molecule has 3 aliphatic rings. The van der Waals surface area contributed by atoms with Crippen molar-refractivity contribution in [3.05, 3.63) is 11.8 Å². The van der Waals surface area contributed by atoms with Crippen molar-refractivity contribution in [1.82, 2.24) is 0 Å². The highest BCUT2D eigenvalue weighted by atomic mass is 16.8. The van der Waals surface area contributed by atoms with E-state index in [4.69, 9.17) is 28.4 Å². The third-order valence-electron chi connectivity index (χ3n) is 6.78. The Morgan fingerprint density at radius 1 is 1.11 bits per heavy atom. The van der Waals surface area contributed by atoms with Gasteiger partial charge in [0.25, 0.3) is 0 Å². The number of carbonyl (C=O) groups is 3.